The normalized spacial score (nSPS) is 23.9. The van der Waals surface area contributed by atoms with Gasteiger partial charge in [0.1, 0.15) is 0 Å². The predicted octanol–water partition coefficient (Wildman–Crippen LogP) is 6.11. The van der Waals surface area contributed by atoms with E-state index in [-0.39, 0.29) is 24.6 Å². The Bertz CT molecular complexity index is 1000. The maximum absolute atomic E-state index is 13.0. The van der Waals surface area contributed by atoms with E-state index in [1.165, 1.54) is 0 Å². The molecule has 0 radical (unpaired) electrons. The smallest absolute Gasteiger partial charge is 0.338 e. The van der Waals surface area contributed by atoms with Crippen LogP contribution in [0.2, 0.25) is 5.02 Å². The zero-order chi connectivity index (χ0) is 25.4. The zero-order valence-corrected chi connectivity index (χ0v) is 22.1. The lowest BCUT2D eigenvalue weighted by Gasteiger charge is -2.38. The van der Waals surface area contributed by atoms with E-state index in [1.807, 2.05) is 43.0 Å². The zero-order valence-electron chi connectivity index (χ0n) is 21.3. The van der Waals surface area contributed by atoms with Gasteiger partial charge in [-0.05, 0) is 89.0 Å². The summed E-state index contributed by atoms with van der Waals surface area (Å²) in [5.74, 6) is -0.449. The molecule has 35 heavy (non-hydrogen) atoms. The van der Waals surface area contributed by atoms with Crippen LogP contribution < -0.4 is 0 Å². The molecule has 190 valence electrons. The van der Waals surface area contributed by atoms with E-state index < -0.39 is 5.97 Å². The van der Waals surface area contributed by atoms with Crippen LogP contribution in [0.1, 0.15) is 79.4 Å². The first-order chi connectivity index (χ1) is 16.8. The molecule has 0 aliphatic carbocycles. The Morgan fingerprint density at radius 2 is 1.80 bits per heavy atom. The Hall–Kier alpha value is -2.60. The summed E-state index contributed by atoms with van der Waals surface area (Å²) in [6.07, 6.45) is 13.8. The van der Waals surface area contributed by atoms with Crippen LogP contribution in [0, 0.1) is 13.8 Å². The molecule has 0 spiro atoms. The Morgan fingerprint density at radius 1 is 1.11 bits per heavy atom. The number of allylic oxidation sites excluding steroid dienone is 3. The minimum absolute atomic E-state index is 0.0576. The number of benzene rings is 1. The van der Waals surface area contributed by atoms with Crippen LogP contribution in [0.25, 0.3) is 0 Å². The van der Waals surface area contributed by atoms with Gasteiger partial charge in [-0.3, -0.25) is 4.79 Å². The minimum Gasteiger partial charge on any atom is -0.462 e. The Morgan fingerprint density at radius 3 is 2.54 bits per heavy atom. The second-order valence-corrected chi connectivity index (χ2v) is 9.89. The highest BCUT2D eigenvalue weighted by atomic mass is 35.5. The van der Waals surface area contributed by atoms with Gasteiger partial charge in [0, 0.05) is 23.5 Å². The summed E-state index contributed by atoms with van der Waals surface area (Å²) < 4.78 is 5.54. The number of carbonyl (C=O) groups excluding carboxylic acids is 2. The van der Waals surface area contributed by atoms with Crippen LogP contribution in [-0.4, -0.2) is 47.8 Å². The minimum atomic E-state index is -0.391. The summed E-state index contributed by atoms with van der Waals surface area (Å²) in [7, 11) is 0. The number of likely N-dealkylation sites (tertiary alicyclic amines) is 1. The van der Waals surface area contributed by atoms with Gasteiger partial charge >= 0.3 is 5.97 Å². The molecule has 2 heterocycles. The number of ether oxygens (including phenoxy) is 1. The van der Waals surface area contributed by atoms with Gasteiger partial charge in [0.05, 0.1) is 17.9 Å². The number of esters is 1. The van der Waals surface area contributed by atoms with Crippen LogP contribution in [0.5, 0.6) is 0 Å². The quantitative estimate of drug-likeness (QED) is 0.285. The molecular weight excluding hydrogens is 464 g/mol. The molecular formula is C28H37ClN2O4. The SMILES string of the molecule is Cc1cc(C)c2c(c1Cl)CC(=NOCC(=O)N1C(C)CCCC1C)C=CCC/C=C/CCOC2=O. The van der Waals surface area contributed by atoms with E-state index in [0.29, 0.717) is 41.3 Å². The lowest BCUT2D eigenvalue weighted by molar-refractivity contribution is -0.142. The van der Waals surface area contributed by atoms with Crippen molar-refractivity contribution in [3.05, 3.63) is 57.6 Å². The number of aryl methyl sites for hydroxylation is 2. The third kappa shape index (κ3) is 7.20. The van der Waals surface area contributed by atoms with E-state index >= 15 is 0 Å². The number of oxime groups is 1. The average molecular weight is 501 g/mol. The van der Waals surface area contributed by atoms with Crippen molar-refractivity contribution >= 4 is 29.2 Å². The average Bonchev–Trinajstić information content (AvgIpc) is 2.80. The Kier molecular flexibility index (Phi) is 9.96. The molecule has 0 aromatic heterocycles. The topological polar surface area (TPSA) is 68.2 Å². The molecule has 1 aromatic carbocycles. The van der Waals surface area contributed by atoms with Crippen molar-refractivity contribution in [2.75, 3.05) is 13.2 Å². The summed E-state index contributed by atoms with van der Waals surface area (Å²) in [5, 5.41) is 4.83. The first-order valence-electron chi connectivity index (χ1n) is 12.6. The van der Waals surface area contributed by atoms with Gasteiger partial charge in [0.25, 0.3) is 5.91 Å². The summed E-state index contributed by atoms with van der Waals surface area (Å²) >= 11 is 6.68. The maximum atomic E-state index is 13.0. The number of cyclic esters (lactones) is 1. The molecule has 0 N–H and O–H groups in total. The molecule has 0 saturated carbocycles. The fourth-order valence-corrected chi connectivity index (χ4v) is 5.11. The number of halogens is 1. The number of rotatable bonds is 3. The van der Waals surface area contributed by atoms with E-state index in [2.05, 4.69) is 25.1 Å². The van der Waals surface area contributed by atoms with Crippen LogP contribution in [0.3, 0.4) is 0 Å². The predicted molar refractivity (Wildman–Crippen MR) is 140 cm³/mol. The molecule has 6 nitrogen and oxygen atoms in total. The Balaban J connectivity index is 1.87. The molecule has 0 bridgehead atoms. The number of hydrogen-bond donors (Lipinski definition) is 0. The van der Waals surface area contributed by atoms with Crippen molar-refractivity contribution in [2.45, 2.75) is 84.7 Å². The van der Waals surface area contributed by atoms with Crippen molar-refractivity contribution < 1.29 is 19.2 Å². The molecule has 2 aliphatic heterocycles. The van der Waals surface area contributed by atoms with Crippen molar-refractivity contribution in [3.8, 4) is 0 Å². The van der Waals surface area contributed by atoms with Crippen LogP contribution in [0.15, 0.2) is 35.5 Å². The molecule has 7 heteroatoms. The lowest BCUT2D eigenvalue weighted by Crippen LogP contribution is -2.48. The monoisotopic (exact) mass is 500 g/mol. The van der Waals surface area contributed by atoms with Gasteiger partial charge in [-0.2, -0.15) is 0 Å². The molecule has 1 saturated heterocycles. The lowest BCUT2D eigenvalue weighted by atomic mass is 9.94. The number of carbonyl (C=O) groups is 2. The third-order valence-electron chi connectivity index (χ3n) is 6.65. The highest BCUT2D eigenvalue weighted by molar-refractivity contribution is 6.33. The molecule has 2 aliphatic rings. The molecule has 1 fully saturated rings. The number of hydrogen-bond acceptors (Lipinski definition) is 5. The largest absolute Gasteiger partial charge is 0.462 e. The molecule has 2 atom stereocenters. The van der Waals surface area contributed by atoms with E-state index in [0.717, 1.165) is 43.2 Å². The standard InChI is InChI=1S/C28H37ClN2O4/c1-19-16-20(2)27(29)24-17-23(14-9-7-5-6-8-10-15-34-28(33)26(19)24)30-35-18-25(32)31-21(3)12-11-13-22(31)4/h6,8-9,14,16,21-22H,5,7,10-13,15,17-18H2,1-4H3/b8-6+,14-9?,30-23?. The Labute approximate surface area is 214 Å². The summed E-state index contributed by atoms with van der Waals surface area (Å²) in [6, 6.07) is 2.30. The van der Waals surface area contributed by atoms with Gasteiger partial charge in [0.15, 0.2) is 6.61 Å². The molecule has 1 aromatic rings. The maximum Gasteiger partial charge on any atom is 0.338 e. The number of piperidine rings is 1. The first-order valence-corrected chi connectivity index (χ1v) is 12.9. The second kappa shape index (κ2) is 12.9. The van der Waals surface area contributed by atoms with Crippen LogP contribution >= 0.6 is 11.6 Å². The van der Waals surface area contributed by atoms with E-state index in [9.17, 15) is 9.59 Å². The van der Waals surface area contributed by atoms with Crippen LogP contribution in [0.4, 0.5) is 0 Å². The highest BCUT2D eigenvalue weighted by Crippen LogP contribution is 2.29. The molecule has 2 unspecified atom stereocenters. The number of amides is 1. The molecule has 1 amide bonds. The van der Waals surface area contributed by atoms with Gasteiger partial charge in [-0.1, -0.05) is 41.1 Å². The van der Waals surface area contributed by atoms with Crippen molar-refractivity contribution in [1.82, 2.24) is 4.90 Å². The first kappa shape index (κ1) is 27.0. The van der Waals surface area contributed by atoms with Crippen molar-refractivity contribution in [2.24, 2.45) is 5.16 Å². The van der Waals surface area contributed by atoms with Crippen molar-refractivity contribution in [1.29, 1.82) is 0 Å². The van der Waals surface area contributed by atoms with Crippen molar-refractivity contribution in [3.63, 3.8) is 0 Å². The fraction of sp³-hybridized carbons (Fsp3) is 0.536. The molecule has 3 rings (SSSR count). The summed E-state index contributed by atoms with van der Waals surface area (Å²) in [5.41, 5.74) is 3.42. The van der Waals surface area contributed by atoms with Gasteiger partial charge < -0.3 is 14.5 Å². The van der Waals surface area contributed by atoms with E-state index in [1.54, 1.807) is 0 Å². The van der Waals surface area contributed by atoms with Gasteiger partial charge in [0.2, 0.25) is 0 Å². The van der Waals surface area contributed by atoms with Gasteiger partial charge in [-0.25, -0.2) is 4.79 Å². The second-order valence-electron chi connectivity index (χ2n) is 9.52. The third-order valence-corrected chi connectivity index (χ3v) is 7.17. The van der Waals surface area contributed by atoms with Gasteiger partial charge in [-0.15, -0.1) is 0 Å². The number of fused-ring (bicyclic) bond motifs is 1. The number of nitrogens with zero attached hydrogens (tertiary/aromatic N) is 2. The van der Waals surface area contributed by atoms with E-state index in [4.69, 9.17) is 21.2 Å². The fourth-order valence-electron chi connectivity index (χ4n) is 4.90. The summed E-state index contributed by atoms with van der Waals surface area (Å²) in [6.45, 7) is 8.16. The highest BCUT2D eigenvalue weighted by Gasteiger charge is 2.29. The summed E-state index contributed by atoms with van der Waals surface area (Å²) in [4.78, 5) is 33.3. The van der Waals surface area contributed by atoms with Crippen LogP contribution in [-0.2, 0) is 20.8 Å².